The van der Waals surface area contributed by atoms with Crippen molar-refractivity contribution < 1.29 is 9.52 Å². The van der Waals surface area contributed by atoms with Crippen molar-refractivity contribution >= 4 is 22.3 Å². The standard InChI is InChI=1S/C19H20N6O2/c1-10-17-16(27-11(2)21-17)9-13(18(10)26)14-3-4-15-19(22-14)24-25(23-15)12-5-7-20-8-6-12/h3-4,9,12,20,26H,5-8H2,1-2H3. The van der Waals surface area contributed by atoms with Gasteiger partial charge in [-0.1, -0.05) is 0 Å². The summed E-state index contributed by atoms with van der Waals surface area (Å²) in [6.07, 6.45) is 2.02. The van der Waals surface area contributed by atoms with Crippen LogP contribution in [0.4, 0.5) is 0 Å². The number of fused-ring (bicyclic) bond motifs is 2. The first-order valence-corrected chi connectivity index (χ1v) is 9.14. The molecule has 138 valence electrons. The van der Waals surface area contributed by atoms with E-state index in [9.17, 15) is 5.11 Å². The van der Waals surface area contributed by atoms with E-state index >= 15 is 0 Å². The molecule has 2 N–H and O–H groups in total. The lowest BCUT2D eigenvalue weighted by molar-refractivity contribution is 0.316. The Labute approximate surface area is 155 Å². The molecule has 0 bridgehead atoms. The quantitative estimate of drug-likeness (QED) is 0.564. The summed E-state index contributed by atoms with van der Waals surface area (Å²) >= 11 is 0. The maximum Gasteiger partial charge on any atom is 0.202 e. The minimum absolute atomic E-state index is 0.161. The van der Waals surface area contributed by atoms with Crippen molar-refractivity contribution in [3.8, 4) is 17.0 Å². The number of piperidine rings is 1. The third-order valence-electron chi connectivity index (χ3n) is 5.17. The number of oxazole rings is 1. The van der Waals surface area contributed by atoms with E-state index in [0.29, 0.717) is 45.5 Å². The SMILES string of the molecule is Cc1nc2c(C)c(O)c(-c3ccc4nn(C5CCNCC5)nc4n3)cc2o1. The molecule has 4 heterocycles. The van der Waals surface area contributed by atoms with Crippen molar-refractivity contribution in [2.75, 3.05) is 13.1 Å². The van der Waals surface area contributed by atoms with E-state index in [-0.39, 0.29) is 5.75 Å². The number of aryl methyl sites for hydroxylation is 2. The predicted octanol–water partition coefficient (Wildman–Crippen LogP) is 2.88. The molecular formula is C19H20N6O2. The molecule has 0 atom stereocenters. The number of rotatable bonds is 2. The smallest absolute Gasteiger partial charge is 0.202 e. The van der Waals surface area contributed by atoms with Crippen LogP contribution in [0.2, 0.25) is 0 Å². The van der Waals surface area contributed by atoms with Crippen LogP contribution in [0.25, 0.3) is 33.5 Å². The molecule has 1 aliphatic heterocycles. The minimum Gasteiger partial charge on any atom is -0.507 e. The average Bonchev–Trinajstić information content (AvgIpc) is 3.28. The highest BCUT2D eigenvalue weighted by molar-refractivity contribution is 5.88. The Morgan fingerprint density at radius 1 is 1.15 bits per heavy atom. The molecule has 0 amide bonds. The second-order valence-electron chi connectivity index (χ2n) is 7.02. The number of hydrogen-bond donors (Lipinski definition) is 2. The predicted molar refractivity (Wildman–Crippen MR) is 101 cm³/mol. The normalized spacial score (nSPS) is 15.8. The van der Waals surface area contributed by atoms with Gasteiger partial charge in [-0.15, -0.1) is 5.10 Å². The highest BCUT2D eigenvalue weighted by atomic mass is 16.3. The van der Waals surface area contributed by atoms with E-state index in [1.54, 1.807) is 17.8 Å². The van der Waals surface area contributed by atoms with Gasteiger partial charge in [0.05, 0.1) is 11.7 Å². The minimum atomic E-state index is 0.161. The fourth-order valence-electron chi connectivity index (χ4n) is 3.69. The number of nitrogens with zero attached hydrogens (tertiary/aromatic N) is 5. The van der Waals surface area contributed by atoms with Crippen molar-refractivity contribution in [2.24, 2.45) is 0 Å². The average molecular weight is 364 g/mol. The van der Waals surface area contributed by atoms with E-state index in [2.05, 4.69) is 25.5 Å². The molecule has 1 fully saturated rings. The van der Waals surface area contributed by atoms with Gasteiger partial charge in [-0.05, 0) is 51.1 Å². The third-order valence-corrected chi connectivity index (χ3v) is 5.17. The summed E-state index contributed by atoms with van der Waals surface area (Å²) in [5.41, 5.74) is 4.57. The van der Waals surface area contributed by atoms with Crippen LogP contribution in [0.1, 0.15) is 30.3 Å². The number of aromatic nitrogens is 5. The number of benzene rings is 1. The van der Waals surface area contributed by atoms with Gasteiger partial charge in [-0.25, -0.2) is 9.97 Å². The number of phenolic OH excluding ortho intramolecular Hbond substituents is 1. The zero-order valence-corrected chi connectivity index (χ0v) is 15.2. The summed E-state index contributed by atoms with van der Waals surface area (Å²) in [6.45, 7) is 5.57. The Kier molecular flexibility index (Phi) is 3.61. The molecule has 0 aliphatic carbocycles. The Bertz CT molecular complexity index is 1160. The molecule has 1 aliphatic rings. The summed E-state index contributed by atoms with van der Waals surface area (Å²) in [6, 6.07) is 5.83. The highest BCUT2D eigenvalue weighted by Crippen LogP contribution is 2.37. The van der Waals surface area contributed by atoms with E-state index in [0.717, 1.165) is 31.4 Å². The van der Waals surface area contributed by atoms with E-state index < -0.39 is 0 Å². The zero-order valence-electron chi connectivity index (χ0n) is 15.2. The number of aromatic hydroxyl groups is 1. The van der Waals surface area contributed by atoms with Gasteiger partial charge in [-0.2, -0.15) is 9.90 Å². The topological polar surface area (TPSA) is 102 Å². The maximum atomic E-state index is 10.7. The van der Waals surface area contributed by atoms with Crippen molar-refractivity contribution in [1.82, 2.24) is 30.3 Å². The summed E-state index contributed by atoms with van der Waals surface area (Å²) in [5.74, 6) is 0.728. The third kappa shape index (κ3) is 2.64. The molecule has 0 radical (unpaired) electrons. The molecule has 1 saturated heterocycles. The highest BCUT2D eigenvalue weighted by Gasteiger charge is 2.20. The number of pyridine rings is 1. The van der Waals surface area contributed by atoms with Crippen molar-refractivity contribution in [3.05, 3.63) is 29.7 Å². The molecule has 4 aromatic rings. The lowest BCUT2D eigenvalue weighted by Crippen LogP contribution is -2.30. The number of nitrogens with one attached hydrogen (secondary N) is 1. The van der Waals surface area contributed by atoms with Crippen LogP contribution in [0.3, 0.4) is 0 Å². The molecule has 5 rings (SSSR count). The fraction of sp³-hybridized carbons (Fsp3) is 0.368. The maximum absolute atomic E-state index is 10.7. The van der Waals surface area contributed by atoms with E-state index in [4.69, 9.17) is 4.42 Å². The fourth-order valence-corrected chi connectivity index (χ4v) is 3.69. The first kappa shape index (κ1) is 16.2. The van der Waals surface area contributed by atoms with Crippen LogP contribution in [-0.2, 0) is 0 Å². The molecule has 8 nitrogen and oxygen atoms in total. The molecule has 3 aromatic heterocycles. The first-order valence-electron chi connectivity index (χ1n) is 9.14. The Balaban J connectivity index is 1.60. The number of hydrogen-bond acceptors (Lipinski definition) is 7. The Morgan fingerprint density at radius 3 is 2.78 bits per heavy atom. The molecule has 1 aromatic carbocycles. The Hall–Kier alpha value is -3.00. The molecule has 0 saturated carbocycles. The lowest BCUT2D eigenvalue weighted by Gasteiger charge is -2.21. The summed E-state index contributed by atoms with van der Waals surface area (Å²) < 4.78 is 5.65. The molecule has 0 unspecified atom stereocenters. The van der Waals surface area contributed by atoms with Crippen LogP contribution >= 0.6 is 0 Å². The Morgan fingerprint density at radius 2 is 1.96 bits per heavy atom. The first-order chi connectivity index (χ1) is 13.1. The van der Waals surface area contributed by atoms with Gasteiger partial charge in [-0.3, -0.25) is 0 Å². The van der Waals surface area contributed by atoms with Crippen LogP contribution in [-0.4, -0.2) is 43.2 Å². The molecule has 0 spiro atoms. The second-order valence-corrected chi connectivity index (χ2v) is 7.02. The van der Waals surface area contributed by atoms with Crippen LogP contribution < -0.4 is 5.32 Å². The second kappa shape index (κ2) is 6.02. The van der Waals surface area contributed by atoms with Crippen molar-refractivity contribution in [2.45, 2.75) is 32.7 Å². The monoisotopic (exact) mass is 364 g/mol. The van der Waals surface area contributed by atoms with Crippen LogP contribution in [0, 0.1) is 13.8 Å². The largest absolute Gasteiger partial charge is 0.507 e. The molecule has 27 heavy (non-hydrogen) atoms. The van der Waals surface area contributed by atoms with E-state index in [1.165, 1.54) is 0 Å². The van der Waals surface area contributed by atoms with Gasteiger partial charge >= 0.3 is 0 Å². The molecule has 8 heteroatoms. The van der Waals surface area contributed by atoms with Crippen LogP contribution in [0.15, 0.2) is 22.6 Å². The molecular weight excluding hydrogens is 344 g/mol. The van der Waals surface area contributed by atoms with Gasteiger partial charge in [0, 0.05) is 18.1 Å². The number of phenols is 1. The van der Waals surface area contributed by atoms with Crippen molar-refractivity contribution in [3.63, 3.8) is 0 Å². The van der Waals surface area contributed by atoms with Crippen molar-refractivity contribution in [1.29, 1.82) is 0 Å². The lowest BCUT2D eigenvalue weighted by atomic mass is 10.0. The zero-order chi connectivity index (χ0) is 18.5. The van der Waals surface area contributed by atoms with Gasteiger partial charge in [0.2, 0.25) is 5.65 Å². The summed E-state index contributed by atoms with van der Waals surface area (Å²) in [5, 5.41) is 23.2. The van der Waals surface area contributed by atoms with Gasteiger partial charge in [0.25, 0.3) is 0 Å². The summed E-state index contributed by atoms with van der Waals surface area (Å²) in [7, 11) is 0. The van der Waals surface area contributed by atoms with Gasteiger partial charge in [0.1, 0.15) is 16.8 Å². The van der Waals surface area contributed by atoms with Crippen LogP contribution in [0.5, 0.6) is 5.75 Å². The van der Waals surface area contributed by atoms with E-state index in [1.807, 2.05) is 19.1 Å². The summed E-state index contributed by atoms with van der Waals surface area (Å²) in [4.78, 5) is 10.8. The van der Waals surface area contributed by atoms with Gasteiger partial charge in [0.15, 0.2) is 11.5 Å². The van der Waals surface area contributed by atoms with Gasteiger partial charge < -0.3 is 14.8 Å².